The highest BCUT2D eigenvalue weighted by Gasteiger charge is 2.25. The van der Waals surface area contributed by atoms with Gasteiger partial charge in [0, 0.05) is 25.8 Å². The van der Waals surface area contributed by atoms with E-state index in [0.717, 1.165) is 0 Å². The van der Waals surface area contributed by atoms with Gasteiger partial charge >= 0.3 is 0 Å². The lowest BCUT2D eigenvalue weighted by atomic mass is 10.1. The normalized spacial score (nSPS) is 17.6. The summed E-state index contributed by atoms with van der Waals surface area (Å²) in [4.78, 5) is 28.0. The Morgan fingerprint density at radius 3 is 2.62 bits per heavy atom. The molecule has 1 fully saturated rings. The van der Waals surface area contributed by atoms with Gasteiger partial charge in [-0.15, -0.1) is 0 Å². The fourth-order valence-electron chi connectivity index (χ4n) is 1.59. The zero-order valence-corrected chi connectivity index (χ0v) is 9.44. The minimum atomic E-state index is -0.0999. The van der Waals surface area contributed by atoms with E-state index in [1.165, 1.54) is 18.3 Å². The van der Waals surface area contributed by atoms with Crippen molar-refractivity contribution in [3.8, 4) is 0 Å². The number of aliphatic imine (C=N–C) groups is 1. The number of rotatable bonds is 5. The molecule has 0 aromatic rings. The minimum absolute atomic E-state index is 0.0999. The van der Waals surface area contributed by atoms with E-state index in [-0.39, 0.29) is 11.8 Å². The first kappa shape index (κ1) is 12.4. The van der Waals surface area contributed by atoms with Crippen LogP contribution in [0, 0.1) is 0 Å². The summed E-state index contributed by atoms with van der Waals surface area (Å²) in [7, 11) is 1.52. The topological polar surface area (TPSA) is 59.0 Å². The highest BCUT2D eigenvalue weighted by molar-refractivity contribution is 5.97. The fraction of sp³-hybridized carbons (Fsp3) is 0.545. The maximum atomic E-state index is 11.5. The van der Waals surface area contributed by atoms with Crippen LogP contribution in [0.5, 0.6) is 0 Å². The maximum absolute atomic E-state index is 11.5. The third kappa shape index (κ3) is 3.18. The van der Waals surface area contributed by atoms with Crippen molar-refractivity contribution in [3.05, 3.63) is 12.0 Å². The summed E-state index contributed by atoms with van der Waals surface area (Å²) in [6.45, 7) is 3.75. The van der Waals surface area contributed by atoms with Crippen LogP contribution in [-0.2, 0) is 14.3 Å². The van der Waals surface area contributed by atoms with Crippen molar-refractivity contribution in [1.29, 1.82) is 0 Å². The standard InChI is InChI=1S/C11H16N2O3/c1-12-9(8-16-2)6-7-13-10(14)4-3-5-11(13)15/h8H,1,3-7H2,2H3/b9-8-. The van der Waals surface area contributed by atoms with Gasteiger partial charge in [0.2, 0.25) is 11.8 Å². The van der Waals surface area contributed by atoms with E-state index in [0.29, 0.717) is 37.9 Å². The number of nitrogens with zero attached hydrogens (tertiary/aromatic N) is 2. The van der Waals surface area contributed by atoms with Crippen LogP contribution < -0.4 is 0 Å². The van der Waals surface area contributed by atoms with Crippen molar-refractivity contribution in [2.24, 2.45) is 4.99 Å². The van der Waals surface area contributed by atoms with Gasteiger partial charge in [0.1, 0.15) is 6.26 Å². The summed E-state index contributed by atoms with van der Waals surface area (Å²) in [6, 6.07) is 0. The van der Waals surface area contributed by atoms with Gasteiger partial charge in [-0.3, -0.25) is 19.5 Å². The highest BCUT2D eigenvalue weighted by atomic mass is 16.5. The van der Waals surface area contributed by atoms with Crippen molar-refractivity contribution in [3.63, 3.8) is 0 Å². The van der Waals surface area contributed by atoms with E-state index in [4.69, 9.17) is 4.74 Å². The predicted octanol–water partition coefficient (Wildman–Crippen LogP) is 1.10. The SMILES string of the molecule is C=N/C(=C\OC)CCN1C(=O)CCCC1=O. The molecule has 16 heavy (non-hydrogen) atoms. The molecule has 0 bridgehead atoms. The zero-order chi connectivity index (χ0) is 12.0. The van der Waals surface area contributed by atoms with Gasteiger partial charge in [0.05, 0.1) is 12.8 Å². The molecule has 0 aliphatic carbocycles. The lowest BCUT2D eigenvalue weighted by molar-refractivity contribution is -0.147. The van der Waals surface area contributed by atoms with Gasteiger partial charge in [0.25, 0.3) is 0 Å². The number of carbonyl (C=O) groups excluding carboxylic acids is 2. The van der Waals surface area contributed by atoms with E-state index >= 15 is 0 Å². The third-order valence-corrected chi connectivity index (χ3v) is 2.43. The first-order valence-corrected chi connectivity index (χ1v) is 5.20. The quantitative estimate of drug-likeness (QED) is 0.399. The molecule has 0 aromatic carbocycles. The number of ether oxygens (including phenoxy) is 1. The average Bonchev–Trinajstić information content (AvgIpc) is 2.27. The van der Waals surface area contributed by atoms with E-state index in [2.05, 4.69) is 11.7 Å². The largest absolute Gasteiger partial charge is 0.502 e. The van der Waals surface area contributed by atoms with Crippen LogP contribution in [0.4, 0.5) is 0 Å². The molecular formula is C11H16N2O3. The smallest absolute Gasteiger partial charge is 0.229 e. The van der Waals surface area contributed by atoms with Gasteiger partial charge in [0.15, 0.2) is 0 Å². The molecule has 0 aromatic heterocycles. The molecule has 0 unspecified atom stereocenters. The Labute approximate surface area is 94.8 Å². The molecule has 5 heteroatoms. The molecule has 1 rings (SSSR count). The summed E-state index contributed by atoms with van der Waals surface area (Å²) < 4.78 is 4.80. The summed E-state index contributed by atoms with van der Waals surface area (Å²) >= 11 is 0. The van der Waals surface area contributed by atoms with E-state index < -0.39 is 0 Å². The van der Waals surface area contributed by atoms with Crippen molar-refractivity contribution >= 4 is 18.5 Å². The Hall–Kier alpha value is -1.65. The lowest BCUT2D eigenvalue weighted by Gasteiger charge is -2.24. The number of imide groups is 1. The molecule has 1 aliphatic rings. The Balaban J connectivity index is 2.52. The Kier molecular flexibility index (Phi) is 4.69. The number of piperidine rings is 1. The van der Waals surface area contributed by atoms with Gasteiger partial charge in [-0.05, 0) is 13.1 Å². The molecular weight excluding hydrogens is 208 g/mol. The van der Waals surface area contributed by atoms with Gasteiger partial charge in [-0.25, -0.2) is 0 Å². The Bertz CT molecular complexity index is 307. The van der Waals surface area contributed by atoms with Crippen LogP contribution in [0.25, 0.3) is 0 Å². The second-order valence-corrected chi connectivity index (χ2v) is 3.55. The first-order valence-electron chi connectivity index (χ1n) is 5.20. The summed E-state index contributed by atoms with van der Waals surface area (Å²) in [6.07, 6.45) is 3.52. The average molecular weight is 224 g/mol. The van der Waals surface area contributed by atoms with Crippen LogP contribution in [0.15, 0.2) is 17.0 Å². The molecule has 88 valence electrons. The van der Waals surface area contributed by atoms with E-state index in [9.17, 15) is 9.59 Å². The maximum Gasteiger partial charge on any atom is 0.229 e. The Morgan fingerprint density at radius 1 is 1.50 bits per heavy atom. The van der Waals surface area contributed by atoms with E-state index in [1.54, 1.807) is 0 Å². The Morgan fingerprint density at radius 2 is 2.12 bits per heavy atom. The highest BCUT2D eigenvalue weighted by Crippen LogP contribution is 2.14. The number of carbonyl (C=O) groups is 2. The molecule has 0 radical (unpaired) electrons. The van der Waals surface area contributed by atoms with Crippen LogP contribution >= 0.6 is 0 Å². The molecule has 0 N–H and O–H groups in total. The summed E-state index contributed by atoms with van der Waals surface area (Å²) in [5, 5.41) is 0. The number of hydrogen-bond donors (Lipinski definition) is 0. The molecule has 0 atom stereocenters. The van der Waals surface area contributed by atoms with Crippen molar-refractivity contribution in [2.75, 3.05) is 13.7 Å². The van der Waals surface area contributed by atoms with Crippen LogP contribution in [0.2, 0.25) is 0 Å². The van der Waals surface area contributed by atoms with Crippen molar-refractivity contribution < 1.29 is 14.3 Å². The summed E-state index contributed by atoms with van der Waals surface area (Å²) in [5.41, 5.74) is 0.633. The van der Waals surface area contributed by atoms with Crippen molar-refractivity contribution in [1.82, 2.24) is 4.90 Å². The second kappa shape index (κ2) is 6.05. The van der Waals surface area contributed by atoms with Gasteiger partial charge in [-0.2, -0.15) is 0 Å². The minimum Gasteiger partial charge on any atom is -0.502 e. The number of methoxy groups -OCH3 is 1. The van der Waals surface area contributed by atoms with E-state index in [1.807, 2.05) is 0 Å². The second-order valence-electron chi connectivity index (χ2n) is 3.55. The third-order valence-electron chi connectivity index (χ3n) is 2.43. The molecule has 2 amide bonds. The van der Waals surface area contributed by atoms with Gasteiger partial charge < -0.3 is 4.74 Å². The molecule has 0 saturated carbocycles. The number of likely N-dealkylation sites (tertiary alicyclic amines) is 1. The lowest BCUT2D eigenvalue weighted by Crippen LogP contribution is -2.40. The molecule has 1 heterocycles. The molecule has 1 aliphatic heterocycles. The first-order chi connectivity index (χ1) is 7.69. The van der Waals surface area contributed by atoms with Crippen LogP contribution in [0.3, 0.4) is 0 Å². The monoisotopic (exact) mass is 224 g/mol. The van der Waals surface area contributed by atoms with Crippen LogP contribution in [-0.4, -0.2) is 37.1 Å². The van der Waals surface area contributed by atoms with Crippen LogP contribution in [0.1, 0.15) is 25.7 Å². The zero-order valence-electron chi connectivity index (χ0n) is 9.44. The van der Waals surface area contributed by atoms with Crippen molar-refractivity contribution in [2.45, 2.75) is 25.7 Å². The fourth-order valence-corrected chi connectivity index (χ4v) is 1.59. The number of amides is 2. The van der Waals surface area contributed by atoms with Gasteiger partial charge in [-0.1, -0.05) is 0 Å². The summed E-state index contributed by atoms with van der Waals surface area (Å²) in [5.74, 6) is -0.200. The molecule has 5 nitrogen and oxygen atoms in total. The molecule has 1 saturated heterocycles. The molecule has 0 spiro atoms. The number of hydrogen-bond acceptors (Lipinski definition) is 4. The predicted molar refractivity (Wildman–Crippen MR) is 59.8 cm³/mol.